The van der Waals surface area contributed by atoms with Crippen LogP contribution in [0.5, 0.6) is 0 Å². The van der Waals surface area contributed by atoms with Crippen molar-refractivity contribution in [1.29, 1.82) is 0 Å². The van der Waals surface area contributed by atoms with Crippen LogP contribution in [0.25, 0.3) is 0 Å². The Kier molecular flexibility index (Phi) is 5.71. The zero-order chi connectivity index (χ0) is 18.7. The maximum absolute atomic E-state index is 12.6. The molecule has 6 nitrogen and oxygen atoms in total. The number of urea groups is 1. The smallest absolute Gasteiger partial charge is 0.341 e. The summed E-state index contributed by atoms with van der Waals surface area (Å²) in [4.78, 5) is 31.3. The number of aliphatic imine (C=N–C) groups is 1. The van der Waals surface area contributed by atoms with E-state index in [1.54, 1.807) is 0 Å². The first kappa shape index (κ1) is 18.6. The number of piperidine rings is 1. The Hall–Kier alpha value is -2.21. The van der Waals surface area contributed by atoms with Gasteiger partial charge in [0, 0.05) is 6.54 Å². The Bertz CT molecular complexity index is 723. The number of amides is 2. The van der Waals surface area contributed by atoms with E-state index < -0.39 is 12.0 Å². The molecule has 3 rings (SSSR count). The molecule has 0 bridgehead atoms. The number of aryl methyl sites for hydroxylation is 2. The molecule has 1 aromatic rings. The summed E-state index contributed by atoms with van der Waals surface area (Å²) in [5.74, 6) is -0.952. The van der Waals surface area contributed by atoms with Gasteiger partial charge in [0.1, 0.15) is 5.92 Å². The number of nitrogens with one attached hydrogen (secondary N) is 1. The fraction of sp³-hybridized carbons (Fsp3) is 0.550. The molecule has 1 saturated heterocycles. The Morgan fingerprint density at radius 3 is 2.65 bits per heavy atom. The molecule has 0 radical (unpaired) electrons. The molecule has 140 valence electrons. The average molecular weight is 357 g/mol. The highest BCUT2D eigenvalue weighted by Crippen LogP contribution is 2.31. The molecule has 1 N–H and O–H groups in total. The second kappa shape index (κ2) is 7.99. The summed E-state index contributed by atoms with van der Waals surface area (Å²) in [5.41, 5.74) is 3.73. The highest BCUT2D eigenvalue weighted by atomic mass is 16.5. The Labute approximate surface area is 154 Å². The summed E-state index contributed by atoms with van der Waals surface area (Å²) < 4.78 is 5.07. The largest absolute Gasteiger partial charge is 0.468 e. The van der Waals surface area contributed by atoms with Crippen molar-refractivity contribution in [2.75, 3.05) is 26.7 Å². The molecule has 6 heteroatoms. The first-order valence-electron chi connectivity index (χ1n) is 9.25. The monoisotopic (exact) mass is 357 g/mol. The van der Waals surface area contributed by atoms with Crippen molar-refractivity contribution in [2.24, 2.45) is 10.9 Å². The first-order valence-corrected chi connectivity index (χ1v) is 9.25. The normalized spacial score (nSPS) is 24.0. The second-order valence-electron chi connectivity index (χ2n) is 7.23. The average Bonchev–Trinajstić information content (AvgIpc) is 2.61. The van der Waals surface area contributed by atoms with Gasteiger partial charge in [-0.15, -0.1) is 0 Å². The van der Waals surface area contributed by atoms with E-state index in [0.29, 0.717) is 12.3 Å². The number of methoxy groups -OCH3 is 1. The van der Waals surface area contributed by atoms with Crippen LogP contribution in [0.4, 0.5) is 4.79 Å². The maximum Gasteiger partial charge on any atom is 0.341 e. The lowest BCUT2D eigenvalue weighted by atomic mass is 9.85. The summed E-state index contributed by atoms with van der Waals surface area (Å²) in [6.45, 7) is 6.51. The molecule has 26 heavy (non-hydrogen) atoms. The van der Waals surface area contributed by atoms with Crippen LogP contribution in [-0.2, 0) is 9.53 Å². The minimum atomic E-state index is -0.596. The lowest BCUT2D eigenvalue weighted by Crippen LogP contribution is -2.49. The SMILES string of the molecule is COC(=O)C1C(CN2CCCCC2)=NC(=O)NC1c1ccc(C)cc1C. The Balaban J connectivity index is 1.94. The van der Waals surface area contributed by atoms with Crippen molar-refractivity contribution in [1.82, 2.24) is 10.2 Å². The van der Waals surface area contributed by atoms with Crippen molar-refractivity contribution < 1.29 is 14.3 Å². The summed E-state index contributed by atoms with van der Waals surface area (Å²) in [5, 5.41) is 2.88. The standard InChI is InChI=1S/C20H27N3O3/c1-13-7-8-15(14(2)11-13)18-17(19(24)26-3)16(21-20(25)22-18)12-23-9-5-4-6-10-23/h7-8,11,17-18H,4-6,9-10,12H2,1-3H3,(H,22,25). The number of ether oxygens (including phenoxy) is 1. The van der Waals surface area contributed by atoms with E-state index >= 15 is 0 Å². The number of esters is 1. The van der Waals surface area contributed by atoms with Gasteiger partial charge in [0.15, 0.2) is 0 Å². The van der Waals surface area contributed by atoms with E-state index in [1.165, 1.54) is 13.5 Å². The van der Waals surface area contributed by atoms with Crippen LogP contribution in [0.3, 0.4) is 0 Å². The van der Waals surface area contributed by atoms with Crippen molar-refractivity contribution in [3.8, 4) is 0 Å². The molecule has 2 atom stereocenters. The first-order chi connectivity index (χ1) is 12.5. The van der Waals surface area contributed by atoms with Crippen molar-refractivity contribution >= 4 is 17.7 Å². The fourth-order valence-electron chi connectivity index (χ4n) is 3.95. The van der Waals surface area contributed by atoms with Gasteiger partial charge in [-0.3, -0.25) is 9.69 Å². The number of hydrogen-bond donors (Lipinski definition) is 1. The zero-order valence-electron chi connectivity index (χ0n) is 15.7. The molecule has 1 aromatic carbocycles. The van der Waals surface area contributed by atoms with Crippen LogP contribution in [0.15, 0.2) is 23.2 Å². The van der Waals surface area contributed by atoms with Gasteiger partial charge in [-0.1, -0.05) is 30.2 Å². The summed E-state index contributed by atoms with van der Waals surface area (Å²) in [6, 6.07) is 5.20. The summed E-state index contributed by atoms with van der Waals surface area (Å²) >= 11 is 0. The number of nitrogens with zero attached hydrogens (tertiary/aromatic N) is 2. The lowest BCUT2D eigenvalue weighted by Gasteiger charge is -2.34. The topological polar surface area (TPSA) is 71.0 Å². The zero-order valence-corrected chi connectivity index (χ0v) is 15.7. The molecule has 2 unspecified atom stereocenters. The van der Waals surface area contributed by atoms with E-state index in [4.69, 9.17) is 4.74 Å². The molecule has 0 saturated carbocycles. The van der Waals surface area contributed by atoms with Gasteiger partial charge in [-0.25, -0.2) is 9.79 Å². The molecular formula is C20H27N3O3. The van der Waals surface area contributed by atoms with Crippen molar-refractivity contribution in [3.63, 3.8) is 0 Å². The van der Waals surface area contributed by atoms with E-state index in [1.807, 2.05) is 26.0 Å². The minimum absolute atomic E-state index is 0.356. The van der Waals surface area contributed by atoms with E-state index in [9.17, 15) is 9.59 Å². The molecule has 1 fully saturated rings. The molecule has 2 amide bonds. The van der Waals surface area contributed by atoms with Crippen LogP contribution in [0.1, 0.15) is 42.0 Å². The van der Waals surface area contributed by atoms with Gasteiger partial charge in [-0.05, 0) is 50.9 Å². The van der Waals surface area contributed by atoms with Crippen LogP contribution in [0, 0.1) is 19.8 Å². The third-order valence-electron chi connectivity index (χ3n) is 5.27. The van der Waals surface area contributed by atoms with Gasteiger partial charge in [-0.2, -0.15) is 0 Å². The predicted octanol–water partition coefficient (Wildman–Crippen LogP) is 2.78. The number of rotatable bonds is 4. The number of hydrogen-bond acceptors (Lipinski definition) is 4. The van der Waals surface area contributed by atoms with Gasteiger partial charge >= 0.3 is 12.0 Å². The number of carbonyl (C=O) groups excluding carboxylic acids is 2. The lowest BCUT2D eigenvalue weighted by molar-refractivity contribution is -0.144. The van der Waals surface area contributed by atoms with Crippen LogP contribution < -0.4 is 5.32 Å². The summed E-state index contributed by atoms with van der Waals surface area (Å²) in [6.07, 6.45) is 3.51. The molecule has 0 spiro atoms. The van der Waals surface area contributed by atoms with Gasteiger partial charge < -0.3 is 10.1 Å². The van der Waals surface area contributed by atoms with E-state index in [2.05, 4.69) is 21.3 Å². The second-order valence-corrected chi connectivity index (χ2v) is 7.23. The predicted molar refractivity (Wildman–Crippen MR) is 100 cm³/mol. The molecule has 2 aliphatic heterocycles. The minimum Gasteiger partial charge on any atom is -0.468 e. The number of benzene rings is 1. The third kappa shape index (κ3) is 3.96. The van der Waals surface area contributed by atoms with Crippen molar-refractivity contribution in [3.05, 3.63) is 34.9 Å². The maximum atomic E-state index is 12.6. The number of carbonyl (C=O) groups is 2. The molecule has 2 heterocycles. The van der Waals surface area contributed by atoms with Gasteiger partial charge in [0.05, 0.1) is 18.9 Å². The van der Waals surface area contributed by atoms with E-state index in [0.717, 1.165) is 42.6 Å². The fourth-order valence-corrected chi connectivity index (χ4v) is 3.95. The van der Waals surface area contributed by atoms with Crippen LogP contribution in [-0.4, -0.2) is 49.4 Å². The quantitative estimate of drug-likeness (QED) is 0.841. The highest BCUT2D eigenvalue weighted by molar-refractivity contribution is 6.10. The summed E-state index contributed by atoms with van der Waals surface area (Å²) in [7, 11) is 1.39. The van der Waals surface area contributed by atoms with E-state index in [-0.39, 0.29) is 12.0 Å². The van der Waals surface area contributed by atoms with Gasteiger partial charge in [0.2, 0.25) is 0 Å². The number of likely N-dealkylation sites (tertiary alicyclic amines) is 1. The Morgan fingerprint density at radius 2 is 2.00 bits per heavy atom. The van der Waals surface area contributed by atoms with Gasteiger partial charge in [0.25, 0.3) is 0 Å². The molecular weight excluding hydrogens is 330 g/mol. The van der Waals surface area contributed by atoms with Crippen LogP contribution >= 0.6 is 0 Å². The van der Waals surface area contributed by atoms with Crippen molar-refractivity contribution in [2.45, 2.75) is 39.2 Å². The molecule has 0 aromatic heterocycles. The molecule has 2 aliphatic rings. The molecule has 0 aliphatic carbocycles. The Morgan fingerprint density at radius 1 is 1.27 bits per heavy atom. The third-order valence-corrected chi connectivity index (χ3v) is 5.27. The van der Waals surface area contributed by atoms with Crippen LogP contribution in [0.2, 0.25) is 0 Å². The highest BCUT2D eigenvalue weighted by Gasteiger charge is 2.40.